The Balaban J connectivity index is 2.08. The van der Waals surface area contributed by atoms with E-state index in [2.05, 4.69) is 41.8 Å². The molecule has 0 saturated carbocycles. The lowest BCUT2D eigenvalue weighted by atomic mass is 9.92. The van der Waals surface area contributed by atoms with E-state index in [1.165, 1.54) is 24.1 Å². The Morgan fingerprint density at radius 3 is 2.87 bits per heavy atom. The van der Waals surface area contributed by atoms with Crippen LogP contribution < -0.4 is 10.6 Å². The molecule has 0 spiro atoms. The van der Waals surface area contributed by atoms with E-state index >= 15 is 0 Å². The van der Waals surface area contributed by atoms with Crippen LogP contribution in [-0.2, 0) is 0 Å². The van der Waals surface area contributed by atoms with Crippen molar-refractivity contribution >= 4 is 5.69 Å². The molecule has 2 nitrogen and oxygen atoms in total. The Labute approximate surface area is 92.1 Å². The van der Waals surface area contributed by atoms with E-state index < -0.39 is 0 Å². The lowest BCUT2D eigenvalue weighted by Gasteiger charge is -2.28. The summed E-state index contributed by atoms with van der Waals surface area (Å²) in [5.41, 5.74) is 2.61. The van der Waals surface area contributed by atoms with Crippen LogP contribution in [0.25, 0.3) is 0 Å². The number of hydrogen-bond donors (Lipinski definition) is 2. The lowest BCUT2D eigenvalue weighted by Crippen LogP contribution is -2.31. The predicted octanol–water partition coefficient (Wildman–Crippen LogP) is 2.79. The van der Waals surface area contributed by atoms with Gasteiger partial charge in [0.15, 0.2) is 0 Å². The standard InChI is InChI=1S/C13H20N2/c1-10-6-7-13(15-9-10)11-4-3-5-12(8-11)14-2/h3-5,8,10,13-15H,6-7,9H2,1-2H3/t10-,13+/m0/s1. The summed E-state index contributed by atoms with van der Waals surface area (Å²) in [6.07, 6.45) is 2.59. The smallest absolute Gasteiger partial charge is 0.0340 e. The number of hydrogen-bond acceptors (Lipinski definition) is 2. The summed E-state index contributed by atoms with van der Waals surface area (Å²) >= 11 is 0. The topological polar surface area (TPSA) is 24.1 Å². The normalized spacial score (nSPS) is 26.3. The summed E-state index contributed by atoms with van der Waals surface area (Å²) in [6.45, 7) is 3.46. The summed E-state index contributed by atoms with van der Waals surface area (Å²) < 4.78 is 0. The number of benzene rings is 1. The van der Waals surface area contributed by atoms with Crippen LogP contribution in [0.5, 0.6) is 0 Å². The third-order valence-corrected chi connectivity index (χ3v) is 3.24. The molecule has 2 atom stereocenters. The van der Waals surface area contributed by atoms with Gasteiger partial charge < -0.3 is 10.6 Å². The first kappa shape index (κ1) is 10.5. The Hall–Kier alpha value is -1.02. The first-order valence-electron chi connectivity index (χ1n) is 5.80. The van der Waals surface area contributed by atoms with Crippen LogP contribution in [0, 0.1) is 5.92 Å². The van der Waals surface area contributed by atoms with Crippen molar-refractivity contribution in [3.63, 3.8) is 0 Å². The molecule has 1 fully saturated rings. The monoisotopic (exact) mass is 204 g/mol. The van der Waals surface area contributed by atoms with Gasteiger partial charge in [-0.05, 0) is 43.0 Å². The van der Waals surface area contributed by atoms with Crippen LogP contribution in [0.4, 0.5) is 5.69 Å². The van der Waals surface area contributed by atoms with Gasteiger partial charge in [0, 0.05) is 18.8 Å². The largest absolute Gasteiger partial charge is 0.388 e. The van der Waals surface area contributed by atoms with Crippen molar-refractivity contribution in [2.24, 2.45) is 5.92 Å². The molecule has 2 heteroatoms. The molecular formula is C13H20N2. The van der Waals surface area contributed by atoms with Crippen molar-refractivity contribution in [1.82, 2.24) is 5.32 Å². The summed E-state index contributed by atoms with van der Waals surface area (Å²) in [5.74, 6) is 0.828. The second kappa shape index (κ2) is 4.67. The van der Waals surface area contributed by atoms with E-state index in [0.717, 1.165) is 12.5 Å². The highest BCUT2D eigenvalue weighted by atomic mass is 14.9. The molecule has 15 heavy (non-hydrogen) atoms. The van der Waals surface area contributed by atoms with Crippen LogP contribution in [0.15, 0.2) is 24.3 Å². The first-order chi connectivity index (χ1) is 7.29. The second-order valence-corrected chi connectivity index (χ2v) is 4.52. The Morgan fingerprint density at radius 2 is 2.20 bits per heavy atom. The SMILES string of the molecule is CNc1cccc([C@H]2CC[C@H](C)CN2)c1. The van der Waals surface area contributed by atoms with Crippen LogP contribution in [0.1, 0.15) is 31.4 Å². The van der Waals surface area contributed by atoms with Gasteiger partial charge in [0.1, 0.15) is 0 Å². The fraction of sp³-hybridized carbons (Fsp3) is 0.538. The zero-order chi connectivity index (χ0) is 10.7. The molecule has 2 N–H and O–H groups in total. The van der Waals surface area contributed by atoms with Gasteiger partial charge in [-0.15, -0.1) is 0 Å². The van der Waals surface area contributed by atoms with Gasteiger partial charge in [0.25, 0.3) is 0 Å². The highest BCUT2D eigenvalue weighted by Crippen LogP contribution is 2.26. The summed E-state index contributed by atoms with van der Waals surface area (Å²) in [6, 6.07) is 9.24. The van der Waals surface area contributed by atoms with E-state index in [-0.39, 0.29) is 0 Å². The molecule has 1 heterocycles. The molecule has 0 aliphatic carbocycles. The lowest BCUT2D eigenvalue weighted by molar-refractivity contribution is 0.333. The van der Waals surface area contributed by atoms with Gasteiger partial charge in [0.2, 0.25) is 0 Å². The quantitative estimate of drug-likeness (QED) is 0.774. The highest BCUT2D eigenvalue weighted by molar-refractivity contribution is 5.45. The van der Waals surface area contributed by atoms with E-state index in [0.29, 0.717) is 6.04 Å². The van der Waals surface area contributed by atoms with Crippen molar-refractivity contribution < 1.29 is 0 Å². The zero-order valence-electron chi connectivity index (χ0n) is 9.59. The molecule has 0 radical (unpaired) electrons. The van der Waals surface area contributed by atoms with Crippen molar-refractivity contribution in [3.8, 4) is 0 Å². The third kappa shape index (κ3) is 2.51. The molecule has 0 bridgehead atoms. The van der Waals surface area contributed by atoms with Crippen molar-refractivity contribution in [2.75, 3.05) is 18.9 Å². The Bertz CT molecular complexity index is 314. The van der Waals surface area contributed by atoms with Gasteiger partial charge in [-0.3, -0.25) is 0 Å². The number of nitrogens with one attached hydrogen (secondary N) is 2. The molecule has 0 unspecified atom stereocenters. The number of anilines is 1. The second-order valence-electron chi connectivity index (χ2n) is 4.52. The Morgan fingerprint density at radius 1 is 1.33 bits per heavy atom. The first-order valence-corrected chi connectivity index (χ1v) is 5.80. The maximum atomic E-state index is 3.61. The minimum absolute atomic E-state index is 0.550. The van der Waals surface area contributed by atoms with Gasteiger partial charge in [-0.2, -0.15) is 0 Å². The van der Waals surface area contributed by atoms with Crippen LogP contribution in [-0.4, -0.2) is 13.6 Å². The maximum absolute atomic E-state index is 3.61. The Kier molecular flexibility index (Phi) is 3.27. The van der Waals surface area contributed by atoms with E-state index in [1.54, 1.807) is 0 Å². The van der Waals surface area contributed by atoms with Crippen LogP contribution in [0.2, 0.25) is 0 Å². The number of rotatable bonds is 2. The van der Waals surface area contributed by atoms with Crippen molar-refractivity contribution in [1.29, 1.82) is 0 Å². The predicted molar refractivity (Wildman–Crippen MR) is 65.1 cm³/mol. The molecule has 0 amide bonds. The van der Waals surface area contributed by atoms with Crippen LogP contribution in [0.3, 0.4) is 0 Å². The minimum atomic E-state index is 0.550. The van der Waals surface area contributed by atoms with E-state index in [4.69, 9.17) is 0 Å². The fourth-order valence-corrected chi connectivity index (χ4v) is 2.19. The van der Waals surface area contributed by atoms with Crippen molar-refractivity contribution in [3.05, 3.63) is 29.8 Å². The molecule has 82 valence electrons. The van der Waals surface area contributed by atoms with E-state index in [1.807, 2.05) is 7.05 Å². The molecule has 2 rings (SSSR count). The maximum Gasteiger partial charge on any atom is 0.0340 e. The minimum Gasteiger partial charge on any atom is -0.388 e. The van der Waals surface area contributed by atoms with E-state index in [9.17, 15) is 0 Å². The van der Waals surface area contributed by atoms with Gasteiger partial charge in [-0.25, -0.2) is 0 Å². The molecule has 1 aliphatic heterocycles. The summed E-state index contributed by atoms with van der Waals surface area (Å²) in [7, 11) is 1.97. The zero-order valence-corrected chi connectivity index (χ0v) is 9.59. The van der Waals surface area contributed by atoms with Crippen molar-refractivity contribution in [2.45, 2.75) is 25.8 Å². The summed E-state index contributed by atoms with van der Waals surface area (Å²) in [5, 5.41) is 6.80. The summed E-state index contributed by atoms with van der Waals surface area (Å²) in [4.78, 5) is 0. The molecule has 1 aliphatic rings. The number of piperidine rings is 1. The van der Waals surface area contributed by atoms with Gasteiger partial charge in [-0.1, -0.05) is 19.1 Å². The molecule has 0 aromatic heterocycles. The third-order valence-electron chi connectivity index (χ3n) is 3.24. The van der Waals surface area contributed by atoms with Crippen LogP contribution >= 0.6 is 0 Å². The average Bonchev–Trinajstić information content (AvgIpc) is 2.30. The molecule has 1 saturated heterocycles. The molecule has 1 aromatic carbocycles. The van der Waals surface area contributed by atoms with Gasteiger partial charge >= 0.3 is 0 Å². The molecule has 1 aromatic rings. The van der Waals surface area contributed by atoms with Gasteiger partial charge in [0.05, 0.1) is 0 Å². The fourth-order valence-electron chi connectivity index (χ4n) is 2.19. The average molecular weight is 204 g/mol. The highest BCUT2D eigenvalue weighted by Gasteiger charge is 2.18. The molecular weight excluding hydrogens is 184 g/mol.